The monoisotopic (exact) mass is 281 g/mol. The van der Waals surface area contributed by atoms with E-state index >= 15 is 0 Å². The molecule has 16 heavy (non-hydrogen) atoms. The summed E-state index contributed by atoms with van der Waals surface area (Å²) < 4.78 is 6.47. The normalized spacial score (nSPS) is 11.0. The van der Waals surface area contributed by atoms with E-state index < -0.39 is 0 Å². The van der Waals surface area contributed by atoms with Crippen LogP contribution in [0.15, 0.2) is 33.7 Å². The Hall–Kier alpha value is -1.29. The second-order valence-electron chi connectivity index (χ2n) is 3.84. The van der Waals surface area contributed by atoms with Crippen LogP contribution in [0.1, 0.15) is 13.8 Å². The van der Waals surface area contributed by atoms with E-state index in [-0.39, 0.29) is 11.7 Å². The molecule has 0 aliphatic heterocycles. The number of hydrogen-bond acceptors (Lipinski definition) is 2. The van der Waals surface area contributed by atoms with Gasteiger partial charge in [0.15, 0.2) is 0 Å². The zero-order chi connectivity index (χ0) is 11.7. The molecule has 0 aliphatic rings. The van der Waals surface area contributed by atoms with Crippen molar-refractivity contribution >= 4 is 26.7 Å². The maximum absolute atomic E-state index is 11.6. The number of benzene rings is 1. The molecule has 1 heterocycles. The van der Waals surface area contributed by atoms with Crippen molar-refractivity contribution in [3.63, 3.8) is 0 Å². The summed E-state index contributed by atoms with van der Waals surface area (Å²) in [5, 5.41) is 1.54. The van der Waals surface area contributed by atoms with Gasteiger partial charge >= 0.3 is 0 Å². The van der Waals surface area contributed by atoms with E-state index in [9.17, 15) is 4.79 Å². The number of ether oxygens (including phenoxy) is 1. The molecule has 0 aliphatic carbocycles. The summed E-state index contributed by atoms with van der Waals surface area (Å²) in [4.78, 5) is 14.2. The van der Waals surface area contributed by atoms with E-state index in [0.29, 0.717) is 11.1 Å². The lowest BCUT2D eigenvalue weighted by Crippen LogP contribution is -2.08. The average Bonchev–Trinajstić information content (AvgIpc) is 2.20. The molecule has 1 aromatic heterocycles. The minimum Gasteiger partial charge on any atom is -0.490 e. The molecule has 3 nitrogen and oxygen atoms in total. The Bertz CT molecular complexity index is 575. The van der Waals surface area contributed by atoms with Gasteiger partial charge in [-0.2, -0.15) is 0 Å². The zero-order valence-electron chi connectivity index (χ0n) is 9.08. The van der Waals surface area contributed by atoms with Crippen LogP contribution in [-0.2, 0) is 0 Å². The van der Waals surface area contributed by atoms with Crippen LogP contribution in [-0.4, -0.2) is 11.1 Å². The number of rotatable bonds is 2. The predicted octanol–water partition coefficient (Wildman–Crippen LogP) is 3.08. The number of H-pyrrole nitrogens is 1. The molecule has 0 saturated carbocycles. The van der Waals surface area contributed by atoms with Crippen molar-refractivity contribution in [3.8, 4) is 5.75 Å². The van der Waals surface area contributed by atoms with Crippen LogP contribution in [0.5, 0.6) is 5.75 Å². The van der Waals surface area contributed by atoms with Crippen LogP contribution >= 0.6 is 15.9 Å². The van der Waals surface area contributed by atoms with E-state index in [1.807, 2.05) is 26.0 Å². The molecule has 1 aromatic carbocycles. The predicted molar refractivity (Wildman–Crippen MR) is 68.0 cm³/mol. The molecular weight excluding hydrogens is 270 g/mol. The maximum Gasteiger partial charge on any atom is 0.255 e. The number of fused-ring (bicyclic) bond motifs is 1. The number of hydrogen-bond donors (Lipinski definition) is 1. The fraction of sp³-hybridized carbons (Fsp3) is 0.250. The maximum atomic E-state index is 11.6. The number of halogens is 1. The summed E-state index contributed by atoms with van der Waals surface area (Å²) in [7, 11) is 0. The van der Waals surface area contributed by atoms with Gasteiger partial charge in [-0.15, -0.1) is 0 Å². The Morgan fingerprint density at radius 2 is 2.12 bits per heavy atom. The second-order valence-corrected chi connectivity index (χ2v) is 4.70. The first-order valence-electron chi connectivity index (χ1n) is 5.05. The summed E-state index contributed by atoms with van der Waals surface area (Å²) in [5.41, 5.74) is -0.0985. The van der Waals surface area contributed by atoms with Crippen LogP contribution < -0.4 is 10.3 Å². The van der Waals surface area contributed by atoms with Gasteiger partial charge in [0.25, 0.3) is 5.56 Å². The highest BCUT2D eigenvalue weighted by Gasteiger charge is 2.07. The molecule has 2 rings (SSSR count). The number of nitrogens with one attached hydrogen (secondary N) is 1. The van der Waals surface area contributed by atoms with Crippen molar-refractivity contribution in [1.82, 2.24) is 4.98 Å². The van der Waals surface area contributed by atoms with Crippen molar-refractivity contribution < 1.29 is 4.74 Å². The fourth-order valence-electron chi connectivity index (χ4n) is 1.53. The van der Waals surface area contributed by atoms with Gasteiger partial charge in [0.1, 0.15) is 5.75 Å². The fourth-order valence-corrected chi connectivity index (χ4v) is 1.99. The molecule has 4 heteroatoms. The highest BCUT2D eigenvalue weighted by molar-refractivity contribution is 9.10. The molecule has 0 amide bonds. The Kier molecular flexibility index (Phi) is 3.01. The lowest BCUT2D eigenvalue weighted by atomic mass is 10.1. The molecule has 0 saturated heterocycles. The molecule has 1 N–H and O–H groups in total. The van der Waals surface area contributed by atoms with Crippen molar-refractivity contribution in [3.05, 3.63) is 39.2 Å². The van der Waals surface area contributed by atoms with Gasteiger partial charge < -0.3 is 9.72 Å². The van der Waals surface area contributed by atoms with Crippen LogP contribution in [0, 0.1) is 0 Å². The Morgan fingerprint density at radius 1 is 1.38 bits per heavy atom. The lowest BCUT2D eigenvalue weighted by molar-refractivity contribution is 0.241. The highest BCUT2D eigenvalue weighted by Crippen LogP contribution is 2.29. The molecule has 2 aromatic rings. The average molecular weight is 282 g/mol. The molecule has 0 fully saturated rings. The first kappa shape index (κ1) is 11.2. The topological polar surface area (TPSA) is 42.1 Å². The van der Waals surface area contributed by atoms with Crippen molar-refractivity contribution in [1.29, 1.82) is 0 Å². The summed E-state index contributed by atoms with van der Waals surface area (Å²) in [6.07, 6.45) is 1.72. The van der Waals surface area contributed by atoms with E-state index in [1.165, 1.54) is 0 Å². The van der Waals surface area contributed by atoms with Crippen LogP contribution in [0.25, 0.3) is 10.8 Å². The molecule has 0 unspecified atom stereocenters. The third kappa shape index (κ3) is 2.11. The number of aromatic amines is 1. The summed E-state index contributed by atoms with van der Waals surface area (Å²) >= 11 is 3.43. The first-order chi connectivity index (χ1) is 7.58. The standard InChI is InChI=1S/C12H12BrNO2/c1-7(2)16-11-6-9-8(5-10(11)13)3-4-14-12(9)15/h3-7H,1-2H3,(H,14,15). The third-order valence-corrected chi connectivity index (χ3v) is 2.81. The van der Waals surface area contributed by atoms with Crippen molar-refractivity contribution in [2.75, 3.05) is 0 Å². The molecule has 0 spiro atoms. The Labute approximate surface area is 102 Å². The lowest BCUT2D eigenvalue weighted by Gasteiger charge is -2.12. The van der Waals surface area contributed by atoms with E-state index in [1.54, 1.807) is 12.3 Å². The van der Waals surface area contributed by atoms with E-state index in [2.05, 4.69) is 20.9 Å². The summed E-state index contributed by atoms with van der Waals surface area (Å²) in [6, 6.07) is 5.52. The van der Waals surface area contributed by atoms with E-state index in [0.717, 1.165) is 9.86 Å². The largest absolute Gasteiger partial charge is 0.490 e. The van der Waals surface area contributed by atoms with Gasteiger partial charge in [-0.3, -0.25) is 4.79 Å². The van der Waals surface area contributed by atoms with Gasteiger partial charge in [-0.1, -0.05) is 0 Å². The number of pyridine rings is 1. The van der Waals surface area contributed by atoms with Gasteiger partial charge in [-0.25, -0.2) is 0 Å². The van der Waals surface area contributed by atoms with Gasteiger partial charge in [0.05, 0.1) is 16.0 Å². The van der Waals surface area contributed by atoms with E-state index in [4.69, 9.17) is 4.74 Å². The molecule has 0 radical (unpaired) electrons. The minimum absolute atomic E-state index is 0.0801. The SMILES string of the molecule is CC(C)Oc1cc2c(=O)[nH]ccc2cc1Br. The minimum atomic E-state index is -0.0985. The van der Waals surface area contributed by atoms with Gasteiger partial charge in [0.2, 0.25) is 0 Å². The quantitative estimate of drug-likeness (QED) is 0.919. The summed E-state index contributed by atoms with van der Waals surface area (Å²) in [5.74, 6) is 0.694. The Balaban J connectivity index is 2.64. The van der Waals surface area contributed by atoms with Crippen LogP contribution in [0.3, 0.4) is 0 Å². The van der Waals surface area contributed by atoms with Crippen LogP contribution in [0.2, 0.25) is 0 Å². The van der Waals surface area contributed by atoms with Crippen LogP contribution in [0.4, 0.5) is 0 Å². The molecule has 84 valence electrons. The molecule has 0 bridgehead atoms. The zero-order valence-corrected chi connectivity index (χ0v) is 10.7. The van der Waals surface area contributed by atoms with Crippen molar-refractivity contribution in [2.45, 2.75) is 20.0 Å². The van der Waals surface area contributed by atoms with Gasteiger partial charge in [0, 0.05) is 6.20 Å². The summed E-state index contributed by atoms with van der Waals surface area (Å²) in [6.45, 7) is 3.90. The highest BCUT2D eigenvalue weighted by atomic mass is 79.9. The number of aromatic nitrogens is 1. The van der Waals surface area contributed by atoms with Crippen molar-refractivity contribution in [2.24, 2.45) is 0 Å². The first-order valence-corrected chi connectivity index (χ1v) is 5.85. The second kappa shape index (κ2) is 4.29. The smallest absolute Gasteiger partial charge is 0.255 e. The molecular formula is C12H12BrNO2. The Morgan fingerprint density at radius 3 is 2.81 bits per heavy atom. The van der Waals surface area contributed by atoms with Gasteiger partial charge in [-0.05, 0) is 53.4 Å². The molecule has 0 atom stereocenters. The third-order valence-electron chi connectivity index (χ3n) is 2.19.